The number of anilines is 1. The molecule has 3 N–H and O–H groups in total. The van der Waals surface area contributed by atoms with Crippen LogP contribution < -0.4 is 10.5 Å². The molecule has 6 nitrogen and oxygen atoms in total. The van der Waals surface area contributed by atoms with Crippen molar-refractivity contribution in [3.05, 3.63) is 24.3 Å². The Morgan fingerprint density at radius 3 is 2.29 bits per heavy atom. The van der Waals surface area contributed by atoms with Crippen molar-refractivity contribution in [1.29, 1.82) is 0 Å². The molecule has 0 heterocycles. The fraction of sp³-hybridized carbons (Fsp3) is 0.500. The van der Waals surface area contributed by atoms with E-state index in [1.807, 2.05) is 12.1 Å². The molecule has 0 amide bonds. The lowest BCUT2D eigenvalue weighted by Gasteiger charge is -2.13. The Bertz CT molecular complexity index is 654. The first-order chi connectivity index (χ1) is 9.57. The molecule has 21 heavy (non-hydrogen) atoms. The summed E-state index contributed by atoms with van der Waals surface area (Å²) in [5.74, 6) is 0.0956. The summed E-state index contributed by atoms with van der Waals surface area (Å²) < 4.78 is 48.2. The topological polar surface area (TPSA) is 106 Å². The monoisotopic (exact) mass is 352 g/mol. The van der Waals surface area contributed by atoms with Crippen molar-refractivity contribution >= 4 is 37.3 Å². The lowest BCUT2D eigenvalue weighted by atomic mass is 10.3. The van der Waals surface area contributed by atoms with Crippen LogP contribution in [0.15, 0.2) is 29.2 Å². The van der Waals surface area contributed by atoms with Gasteiger partial charge in [-0.2, -0.15) is 0 Å². The van der Waals surface area contributed by atoms with Crippen LogP contribution >= 0.6 is 11.8 Å². The van der Waals surface area contributed by atoms with E-state index in [1.165, 1.54) is 18.7 Å². The maximum absolute atomic E-state index is 11.8. The maximum Gasteiger partial charge on any atom is 0.212 e. The van der Waals surface area contributed by atoms with Crippen molar-refractivity contribution < 1.29 is 16.8 Å². The molecule has 0 radical (unpaired) electrons. The zero-order chi connectivity index (χ0) is 16.1. The summed E-state index contributed by atoms with van der Waals surface area (Å²) in [5, 5.41) is 0. The molecule has 0 spiro atoms. The summed E-state index contributed by atoms with van der Waals surface area (Å²) in [6, 6.07) is 6.53. The highest BCUT2D eigenvalue weighted by atomic mass is 32.2. The third-order valence-corrected chi connectivity index (χ3v) is 6.32. The number of nitrogens with two attached hydrogens (primary N) is 1. The predicted molar refractivity (Wildman–Crippen MR) is 87.7 cm³/mol. The molecule has 0 bridgehead atoms. The van der Waals surface area contributed by atoms with Gasteiger partial charge >= 0.3 is 0 Å². The SMILES string of the molecule is CC(CS(C)(=O)=O)NS(=O)(=O)CCSc1ccc(N)cc1. The van der Waals surface area contributed by atoms with Crippen LogP contribution in [0.3, 0.4) is 0 Å². The van der Waals surface area contributed by atoms with E-state index < -0.39 is 25.9 Å². The fourth-order valence-corrected chi connectivity index (χ4v) is 5.37. The molecular weight excluding hydrogens is 332 g/mol. The van der Waals surface area contributed by atoms with Crippen LogP contribution in [0.1, 0.15) is 6.92 Å². The van der Waals surface area contributed by atoms with E-state index in [9.17, 15) is 16.8 Å². The standard InChI is InChI=1S/C12H20N2O4S3/c1-10(9-20(2,15)16)14-21(17,18)8-7-19-12-5-3-11(13)4-6-12/h3-6,10,14H,7-9,13H2,1-2H3. The second-order valence-electron chi connectivity index (χ2n) is 4.85. The largest absolute Gasteiger partial charge is 0.399 e. The summed E-state index contributed by atoms with van der Waals surface area (Å²) in [6.45, 7) is 1.53. The summed E-state index contributed by atoms with van der Waals surface area (Å²) in [4.78, 5) is 0.934. The molecule has 0 saturated heterocycles. The van der Waals surface area contributed by atoms with E-state index in [0.29, 0.717) is 11.4 Å². The van der Waals surface area contributed by atoms with Gasteiger partial charge in [0.1, 0.15) is 9.84 Å². The van der Waals surface area contributed by atoms with Crippen molar-refractivity contribution in [2.75, 3.05) is 29.2 Å². The lowest BCUT2D eigenvalue weighted by molar-refractivity contribution is 0.566. The maximum atomic E-state index is 11.8. The summed E-state index contributed by atoms with van der Waals surface area (Å²) in [5.41, 5.74) is 6.22. The van der Waals surface area contributed by atoms with E-state index in [-0.39, 0.29) is 11.5 Å². The highest BCUT2D eigenvalue weighted by molar-refractivity contribution is 8.00. The second-order valence-corrected chi connectivity index (χ2v) is 10.1. The van der Waals surface area contributed by atoms with E-state index in [2.05, 4.69) is 4.72 Å². The summed E-state index contributed by atoms with van der Waals surface area (Å²) in [6.07, 6.45) is 1.08. The minimum atomic E-state index is -3.49. The van der Waals surface area contributed by atoms with Gasteiger partial charge in [0.05, 0.1) is 11.5 Å². The Balaban J connectivity index is 2.44. The number of sulfonamides is 1. The molecule has 120 valence electrons. The highest BCUT2D eigenvalue weighted by Crippen LogP contribution is 2.19. The van der Waals surface area contributed by atoms with Crippen LogP contribution in [0.4, 0.5) is 5.69 Å². The molecule has 0 saturated carbocycles. The van der Waals surface area contributed by atoms with Gasteiger partial charge in [0.15, 0.2) is 0 Å². The zero-order valence-corrected chi connectivity index (χ0v) is 14.4. The third kappa shape index (κ3) is 8.30. The lowest BCUT2D eigenvalue weighted by Crippen LogP contribution is -2.39. The van der Waals surface area contributed by atoms with Crippen molar-refractivity contribution in [2.45, 2.75) is 17.9 Å². The molecule has 0 fully saturated rings. The van der Waals surface area contributed by atoms with Gasteiger partial charge in [0, 0.05) is 28.6 Å². The molecule has 0 aromatic heterocycles. The van der Waals surface area contributed by atoms with Gasteiger partial charge in [-0.3, -0.25) is 0 Å². The molecule has 0 aliphatic carbocycles. The van der Waals surface area contributed by atoms with E-state index in [4.69, 9.17) is 5.73 Å². The Morgan fingerprint density at radius 2 is 1.76 bits per heavy atom. The van der Waals surface area contributed by atoms with Gasteiger partial charge in [0.25, 0.3) is 0 Å². The number of nitrogens with one attached hydrogen (secondary N) is 1. The normalized spacial score (nSPS) is 14.0. The van der Waals surface area contributed by atoms with Crippen LogP contribution in [-0.4, -0.2) is 46.4 Å². The molecule has 9 heteroatoms. The molecule has 0 aliphatic heterocycles. The minimum Gasteiger partial charge on any atom is -0.399 e. The highest BCUT2D eigenvalue weighted by Gasteiger charge is 2.17. The first kappa shape index (κ1) is 18.3. The molecule has 1 rings (SSSR count). The Labute approximate surface area is 130 Å². The number of sulfone groups is 1. The Morgan fingerprint density at radius 1 is 1.19 bits per heavy atom. The number of hydrogen-bond donors (Lipinski definition) is 2. The molecule has 1 unspecified atom stereocenters. The fourth-order valence-electron chi connectivity index (χ4n) is 1.69. The van der Waals surface area contributed by atoms with Gasteiger partial charge in [-0.25, -0.2) is 21.6 Å². The van der Waals surface area contributed by atoms with Gasteiger partial charge in [-0.05, 0) is 31.2 Å². The smallest absolute Gasteiger partial charge is 0.212 e. The average molecular weight is 353 g/mol. The number of benzene rings is 1. The quantitative estimate of drug-likeness (QED) is 0.527. The first-order valence-electron chi connectivity index (χ1n) is 6.23. The molecule has 1 atom stereocenters. The summed E-state index contributed by atoms with van der Waals surface area (Å²) in [7, 11) is -6.70. The van der Waals surface area contributed by atoms with Crippen LogP contribution in [0.25, 0.3) is 0 Å². The first-order valence-corrected chi connectivity index (χ1v) is 10.9. The molecular formula is C12H20N2O4S3. The van der Waals surface area contributed by atoms with Crippen molar-refractivity contribution in [2.24, 2.45) is 0 Å². The predicted octanol–water partition coefficient (Wildman–Crippen LogP) is 0.713. The van der Waals surface area contributed by atoms with E-state index in [1.54, 1.807) is 12.1 Å². The van der Waals surface area contributed by atoms with Crippen molar-refractivity contribution in [1.82, 2.24) is 4.72 Å². The number of hydrogen-bond acceptors (Lipinski definition) is 6. The molecule has 1 aromatic carbocycles. The van der Waals surface area contributed by atoms with Crippen LogP contribution in [0.5, 0.6) is 0 Å². The molecule has 1 aromatic rings. The zero-order valence-electron chi connectivity index (χ0n) is 11.9. The Kier molecular flexibility index (Phi) is 6.51. The van der Waals surface area contributed by atoms with Crippen molar-refractivity contribution in [3.8, 4) is 0 Å². The summed E-state index contributed by atoms with van der Waals surface area (Å²) >= 11 is 1.40. The van der Waals surface area contributed by atoms with E-state index in [0.717, 1.165) is 11.2 Å². The second kappa shape index (κ2) is 7.48. The minimum absolute atomic E-state index is 0.0733. The number of thioether (sulfide) groups is 1. The number of rotatable bonds is 8. The Hall–Kier alpha value is -0.770. The van der Waals surface area contributed by atoms with Crippen LogP contribution in [-0.2, 0) is 19.9 Å². The third-order valence-electron chi connectivity index (χ3n) is 2.43. The van der Waals surface area contributed by atoms with E-state index >= 15 is 0 Å². The van der Waals surface area contributed by atoms with Gasteiger partial charge < -0.3 is 5.73 Å². The molecule has 0 aliphatic rings. The van der Waals surface area contributed by atoms with Gasteiger partial charge in [-0.1, -0.05) is 0 Å². The van der Waals surface area contributed by atoms with Crippen molar-refractivity contribution in [3.63, 3.8) is 0 Å². The van der Waals surface area contributed by atoms with Gasteiger partial charge in [-0.15, -0.1) is 11.8 Å². The van der Waals surface area contributed by atoms with Crippen LogP contribution in [0.2, 0.25) is 0 Å². The van der Waals surface area contributed by atoms with Gasteiger partial charge in [0.2, 0.25) is 10.0 Å². The average Bonchev–Trinajstić information content (AvgIpc) is 2.28. The van der Waals surface area contributed by atoms with Crippen LogP contribution in [0, 0.1) is 0 Å². The number of nitrogen functional groups attached to an aromatic ring is 1.